The van der Waals surface area contributed by atoms with Crippen molar-refractivity contribution in [3.05, 3.63) is 119 Å². The molecule has 0 saturated carbocycles. The standard InChI is InChI=1S/C24H30F3NO3.C24H31F2NO3/c1-30-16-7-6-14-23(29,18-9-8-15-28-17-18)19-10-2-4-12-21(19)31-22-13-5-3-11-20(22)24(25,26)27;1-17-8-3-4-10-22(17)30-23-20(14-19(25)15-21(23)26)24(28,11-5-6-13-29-2)18-9-7-12-27-16-18/h2-5,10-13,18,28-29H,6-9,14-17H2,1H3;3-4,8,10,14-15,18,27-28H,5-7,9,11-13,16H2,1-2H3/t18-,23+;18-,24+/m11/s1. The van der Waals surface area contributed by atoms with E-state index in [0.717, 1.165) is 75.7 Å². The number of aliphatic hydroxyl groups is 2. The smallest absolute Gasteiger partial charge is 0.419 e. The molecule has 0 amide bonds. The molecule has 0 radical (unpaired) electrons. The lowest BCUT2D eigenvalue weighted by atomic mass is 9.74. The number of nitrogens with one attached hydrogen (secondary N) is 2. The van der Waals surface area contributed by atoms with Crippen molar-refractivity contribution in [1.29, 1.82) is 0 Å². The quantitative estimate of drug-likeness (QED) is 0.0580. The molecule has 0 spiro atoms. The van der Waals surface area contributed by atoms with Crippen LogP contribution in [0.3, 0.4) is 0 Å². The van der Waals surface area contributed by atoms with Crippen molar-refractivity contribution in [3.8, 4) is 23.0 Å². The fraction of sp³-hybridized carbons (Fsp3) is 0.500. The average molecular weight is 857 g/mol. The number of para-hydroxylation sites is 3. The number of piperidine rings is 2. The van der Waals surface area contributed by atoms with Gasteiger partial charge in [-0.25, -0.2) is 8.78 Å². The highest BCUT2D eigenvalue weighted by molar-refractivity contribution is 5.46. The number of hydrogen-bond donors (Lipinski definition) is 4. The minimum absolute atomic E-state index is 0.0635. The highest BCUT2D eigenvalue weighted by Gasteiger charge is 2.43. The van der Waals surface area contributed by atoms with Crippen LogP contribution in [0.15, 0.2) is 84.9 Å². The number of halogens is 5. The minimum atomic E-state index is -4.53. The number of methoxy groups -OCH3 is 2. The summed E-state index contributed by atoms with van der Waals surface area (Å²) in [6.07, 6.45) is 2.70. The summed E-state index contributed by atoms with van der Waals surface area (Å²) in [6, 6.07) is 21.3. The van der Waals surface area contributed by atoms with Crippen molar-refractivity contribution in [2.45, 2.75) is 88.5 Å². The van der Waals surface area contributed by atoms with Crippen LogP contribution < -0.4 is 20.1 Å². The summed E-state index contributed by atoms with van der Waals surface area (Å²) in [5, 5.41) is 30.4. The average Bonchev–Trinajstić information content (AvgIpc) is 3.26. The molecule has 4 aromatic rings. The van der Waals surface area contributed by atoms with Gasteiger partial charge in [0.05, 0.1) is 16.8 Å². The van der Waals surface area contributed by atoms with Crippen molar-refractivity contribution >= 4 is 0 Å². The Morgan fingerprint density at radius 3 is 1.62 bits per heavy atom. The largest absolute Gasteiger partial charge is 0.456 e. The number of benzene rings is 4. The Labute approximate surface area is 356 Å². The number of hydrogen-bond acceptors (Lipinski definition) is 8. The molecule has 8 nitrogen and oxygen atoms in total. The second-order valence-corrected chi connectivity index (χ2v) is 16.1. The molecule has 0 unspecified atom stereocenters. The zero-order chi connectivity index (χ0) is 43.9. The molecule has 2 aliphatic rings. The lowest BCUT2D eigenvalue weighted by molar-refractivity contribution is -0.138. The molecule has 334 valence electrons. The van der Waals surface area contributed by atoms with Crippen molar-refractivity contribution in [3.63, 3.8) is 0 Å². The molecule has 2 aliphatic heterocycles. The molecule has 0 aliphatic carbocycles. The SMILES string of the molecule is COCCCC[C@@](O)(c1cc(F)cc(F)c1Oc1ccccc1C)[C@@H]1CCCNC1.COCCCC[C@@](O)(c1ccccc1Oc1ccccc1C(F)(F)F)[C@@H]1CCCNC1. The maximum absolute atomic E-state index is 15.0. The summed E-state index contributed by atoms with van der Waals surface area (Å²) >= 11 is 0. The fourth-order valence-electron chi connectivity index (χ4n) is 8.51. The van der Waals surface area contributed by atoms with Crippen LogP contribution in [0.25, 0.3) is 0 Å². The van der Waals surface area contributed by atoms with E-state index in [1.807, 2.05) is 19.1 Å². The normalized spacial score (nSPS) is 18.9. The molecule has 61 heavy (non-hydrogen) atoms. The Bertz CT molecular complexity index is 1950. The molecule has 6 rings (SSSR count). The Morgan fingerprint density at radius 1 is 0.623 bits per heavy atom. The second-order valence-electron chi connectivity index (χ2n) is 16.1. The van der Waals surface area contributed by atoms with Crippen molar-refractivity contribution in [2.24, 2.45) is 11.8 Å². The third-order valence-electron chi connectivity index (χ3n) is 11.8. The predicted octanol–water partition coefficient (Wildman–Crippen LogP) is 10.6. The van der Waals surface area contributed by atoms with Crippen LogP contribution in [0.2, 0.25) is 0 Å². The van der Waals surface area contributed by atoms with Gasteiger partial charge in [0.2, 0.25) is 0 Å². The van der Waals surface area contributed by atoms with Gasteiger partial charge in [-0.1, -0.05) is 48.5 Å². The van der Waals surface area contributed by atoms with Gasteiger partial charge in [-0.05, 0) is 120 Å². The van der Waals surface area contributed by atoms with Crippen LogP contribution in [0.4, 0.5) is 22.0 Å². The summed E-state index contributed by atoms with van der Waals surface area (Å²) in [7, 11) is 3.27. The molecule has 0 bridgehead atoms. The summed E-state index contributed by atoms with van der Waals surface area (Å²) in [4.78, 5) is 0. The summed E-state index contributed by atoms with van der Waals surface area (Å²) in [5.74, 6) is -1.42. The molecule has 4 N–H and O–H groups in total. The Balaban J connectivity index is 0.000000231. The summed E-state index contributed by atoms with van der Waals surface area (Å²) in [6.45, 7) is 6.03. The van der Waals surface area contributed by atoms with E-state index in [1.54, 1.807) is 50.6 Å². The first-order valence-electron chi connectivity index (χ1n) is 21.3. The third-order valence-corrected chi connectivity index (χ3v) is 11.8. The van der Waals surface area contributed by atoms with Crippen molar-refractivity contribution < 1.29 is 51.1 Å². The fourth-order valence-corrected chi connectivity index (χ4v) is 8.51. The van der Waals surface area contributed by atoms with E-state index in [4.69, 9.17) is 18.9 Å². The number of aryl methyl sites for hydroxylation is 1. The Hall–Kier alpha value is -4.11. The van der Waals surface area contributed by atoms with E-state index in [1.165, 1.54) is 24.3 Å². The summed E-state index contributed by atoms with van der Waals surface area (Å²) in [5.41, 5.74) is -1.94. The van der Waals surface area contributed by atoms with Crippen LogP contribution in [-0.4, -0.2) is 63.8 Å². The van der Waals surface area contributed by atoms with E-state index in [9.17, 15) is 32.2 Å². The topological polar surface area (TPSA) is 101 Å². The van der Waals surface area contributed by atoms with Crippen LogP contribution in [0, 0.1) is 30.4 Å². The number of rotatable bonds is 18. The van der Waals surface area contributed by atoms with Crippen LogP contribution in [0.5, 0.6) is 23.0 Å². The first-order chi connectivity index (χ1) is 29.3. The zero-order valence-electron chi connectivity index (χ0n) is 35.5. The van der Waals surface area contributed by atoms with Gasteiger partial charge in [-0.3, -0.25) is 0 Å². The first-order valence-corrected chi connectivity index (χ1v) is 21.3. The molecule has 4 atom stereocenters. The maximum Gasteiger partial charge on any atom is 0.419 e. The van der Waals surface area contributed by atoms with E-state index in [2.05, 4.69) is 10.6 Å². The Kier molecular flexibility index (Phi) is 17.9. The number of alkyl halides is 3. The molecule has 4 aromatic carbocycles. The van der Waals surface area contributed by atoms with Crippen molar-refractivity contribution in [1.82, 2.24) is 10.6 Å². The molecular formula is C48H61F5N2O6. The van der Waals surface area contributed by atoms with Crippen LogP contribution >= 0.6 is 0 Å². The Morgan fingerprint density at radius 2 is 1.11 bits per heavy atom. The second kappa shape index (κ2) is 22.8. The third kappa shape index (κ3) is 12.7. The maximum atomic E-state index is 15.0. The molecule has 2 fully saturated rings. The number of unbranched alkanes of at least 4 members (excludes halogenated alkanes) is 2. The summed E-state index contributed by atoms with van der Waals surface area (Å²) < 4.78 is 91.7. The van der Waals surface area contributed by atoms with Gasteiger partial charge < -0.3 is 39.8 Å². The van der Waals surface area contributed by atoms with Crippen LogP contribution in [-0.2, 0) is 26.9 Å². The van der Waals surface area contributed by atoms with E-state index in [-0.39, 0.29) is 34.6 Å². The zero-order valence-corrected chi connectivity index (χ0v) is 35.5. The predicted molar refractivity (Wildman–Crippen MR) is 226 cm³/mol. The van der Waals surface area contributed by atoms with E-state index >= 15 is 0 Å². The van der Waals surface area contributed by atoms with Crippen molar-refractivity contribution in [2.75, 3.05) is 53.6 Å². The van der Waals surface area contributed by atoms with Gasteiger partial charge in [-0.15, -0.1) is 0 Å². The van der Waals surface area contributed by atoms with Gasteiger partial charge in [0, 0.05) is 69.6 Å². The van der Waals surface area contributed by atoms with E-state index < -0.39 is 34.6 Å². The highest BCUT2D eigenvalue weighted by atomic mass is 19.4. The van der Waals surface area contributed by atoms with Gasteiger partial charge in [0.25, 0.3) is 0 Å². The molecule has 2 saturated heterocycles. The lowest BCUT2D eigenvalue weighted by Gasteiger charge is -2.40. The molecule has 13 heteroatoms. The van der Waals surface area contributed by atoms with Gasteiger partial charge >= 0.3 is 6.18 Å². The molecule has 2 heterocycles. The molecular weight excluding hydrogens is 796 g/mol. The monoisotopic (exact) mass is 856 g/mol. The first kappa shape index (κ1) is 47.9. The minimum Gasteiger partial charge on any atom is -0.456 e. The van der Waals surface area contributed by atoms with Gasteiger partial charge in [0.15, 0.2) is 11.6 Å². The van der Waals surface area contributed by atoms with Gasteiger partial charge in [0.1, 0.15) is 23.1 Å². The number of ether oxygens (including phenoxy) is 4. The van der Waals surface area contributed by atoms with Gasteiger partial charge in [-0.2, -0.15) is 13.2 Å². The van der Waals surface area contributed by atoms with Crippen LogP contribution in [0.1, 0.15) is 86.5 Å². The van der Waals surface area contributed by atoms with E-state index in [0.29, 0.717) is 56.9 Å². The molecule has 0 aromatic heterocycles. The lowest BCUT2D eigenvalue weighted by Crippen LogP contribution is -2.44. The highest BCUT2D eigenvalue weighted by Crippen LogP contribution is 2.47.